The van der Waals surface area contributed by atoms with Gasteiger partial charge in [-0.25, -0.2) is 0 Å². The second-order valence-electron chi connectivity index (χ2n) is 10.5. The number of hydrogen-bond donors (Lipinski definition) is 6. The lowest BCUT2D eigenvalue weighted by Gasteiger charge is -2.45. The first-order valence-corrected chi connectivity index (χ1v) is 11.0. The van der Waals surface area contributed by atoms with Crippen LogP contribution in [-0.2, 0) is 18.9 Å². The van der Waals surface area contributed by atoms with Gasteiger partial charge in [-0.2, -0.15) is 0 Å². The van der Waals surface area contributed by atoms with Crippen LogP contribution >= 0.6 is 0 Å². The number of fused-ring (bicyclic) bond motifs is 2. The fraction of sp³-hybridized carbons (Fsp3) is 1.00. The third-order valence-electron chi connectivity index (χ3n) is 8.69. The van der Waals surface area contributed by atoms with Crippen LogP contribution in [0.4, 0.5) is 0 Å². The van der Waals surface area contributed by atoms with Gasteiger partial charge in [-0.1, -0.05) is 20.8 Å². The van der Waals surface area contributed by atoms with E-state index in [9.17, 15) is 30.6 Å². The lowest BCUT2D eigenvalue weighted by molar-refractivity contribution is -0.326. The Balaban J connectivity index is 1.39. The molecule has 11 atom stereocenters. The molecule has 2 bridgehead atoms. The summed E-state index contributed by atoms with van der Waals surface area (Å²) in [5.41, 5.74) is -1.82. The van der Waals surface area contributed by atoms with E-state index in [1.807, 2.05) is 0 Å². The summed E-state index contributed by atoms with van der Waals surface area (Å²) in [6, 6.07) is 0. The molecule has 10 nitrogen and oxygen atoms in total. The Morgan fingerprint density at radius 2 is 1.71 bits per heavy atom. The average Bonchev–Trinajstić information content (AvgIpc) is 3.22. The minimum atomic E-state index is -1.83. The SMILES string of the molecule is CC1(C)[C@H]2CC[C@]1(C)[C@H](O[C@@H]1OC(CO[C@@H]3OC[C@](O)(CO)[C@H]3O)[C@@H](O)[C@H](O)[C@H]1O)C2. The summed E-state index contributed by atoms with van der Waals surface area (Å²) in [5, 5.41) is 60.5. The Hall–Kier alpha value is -0.400. The van der Waals surface area contributed by atoms with Crippen LogP contribution in [0.2, 0.25) is 0 Å². The zero-order chi connectivity index (χ0) is 22.8. The number of hydrogen-bond acceptors (Lipinski definition) is 10. The monoisotopic (exact) mass is 448 g/mol. The summed E-state index contributed by atoms with van der Waals surface area (Å²) in [4.78, 5) is 0. The molecule has 180 valence electrons. The molecule has 2 aliphatic heterocycles. The van der Waals surface area contributed by atoms with Gasteiger partial charge in [-0.05, 0) is 36.0 Å². The van der Waals surface area contributed by atoms with Gasteiger partial charge >= 0.3 is 0 Å². The maximum atomic E-state index is 10.5. The Kier molecular flexibility index (Phi) is 6.22. The van der Waals surface area contributed by atoms with Crippen molar-refractivity contribution in [1.29, 1.82) is 0 Å². The molecule has 6 N–H and O–H groups in total. The van der Waals surface area contributed by atoms with E-state index in [0.29, 0.717) is 5.92 Å². The van der Waals surface area contributed by atoms with Crippen LogP contribution in [0.25, 0.3) is 0 Å². The van der Waals surface area contributed by atoms with Crippen molar-refractivity contribution >= 4 is 0 Å². The van der Waals surface area contributed by atoms with Crippen LogP contribution in [-0.4, -0.2) is 105 Å². The quantitative estimate of drug-likeness (QED) is 0.282. The first-order valence-electron chi connectivity index (χ1n) is 11.0. The molecule has 2 aliphatic carbocycles. The molecule has 10 heteroatoms. The molecule has 1 unspecified atom stereocenters. The van der Waals surface area contributed by atoms with Gasteiger partial charge in [-0.3, -0.25) is 0 Å². The average molecular weight is 449 g/mol. The molecular weight excluding hydrogens is 412 g/mol. The van der Waals surface area contributed by atoms with Crippen LogP contribution in [0.1, 0.15) is 40.0 Å². The number of aliphatic hydroxyl groups excluding tert-OH is 5. The normalized spacial score (nSPS) is 53.9. The van der Waals surface area contributed by atoms with Crippen molar-refractivity contribution in [3.63, 3.8) is 0 Å². The highest BCUT2D eigenvalue weighted by molar-refractivity contribution is 5.11. The fourth-order valence-electron chi connectivity index (χ4n) is 5.79. The molecule has 4 fully saturated rings. The standard InChI is InChI=1S/C21H36O10/c1-19(2)10-4-5-20(19,3)12(6-10)31-17-15(25)14(24)13(23)11(30-17)7-28-18-16(26)21(27,8-22)9-29-18/h10-18,22-27H,4-9H2,1-3H3/t10-,11?,12+,13+,14-,15+,16-,17-,18+,20+,21+/m0/s1. The Morgan fingerprint density at radius 1 is 1.00 bits per heavy atom. The lowest BCUT2D eigenvalue weighted by Crippen LogP contribution is -2.60. The molecule has 0 aromatic heterocycles. The molecule has 4 aliphatic rings. The number of ether oxygens (including phenoxy) is 4. The van der Waals surface area contributed by atoms with Crippen LogP contribution in [0.15, 0.2) is 0 Å². The summed E-state index contributed by atoms with van der Waals surface area (Å²) in [5.74, 6) is 0.518. The minimum Gasteiger partial charge on any atom is -0.393 e. The van der Waals surface area contributed by atoms with Gasteiger partial charge in [0.1, 0.15) is 36.1 Å². The van der Waals surface area contributed by atoms with E-state index >= 15 is 0 Å². The summed E-state index contributed by atoms with van der Waals surface area (Å²) >= 11 is 0. The first kappa shape index (κ1) is 23.7. The Bertz CT molecular complexity index is 660. The van der Waals surface area contributed by atoms with E-state index < -0.39 is 55.3 Å². The zero-order valence-electron chi connectivity index (χ0n) is 18.3. The van der Waals surface area contributed by atoms with Crippen molar-refractivity contribution < 1.29 is 49.6 Å². The predicted octanol–water partition coefficient (Wildman–Crippen LogP) is -1.52. The molecule has 2 saturated carbocycles. The topological polar surface area (TPSA) is 158 Å². The van der Waals surface area contributed by atoms with Gasteiger partial charge < -0.3 is 49.6 Å². The molecule has 0 spiro atoms. The summed E-state index contributed by atoms with van der Waals surface area (Å²) in [6.45, 7) is 5.36. The van der Waals surface area contributed by atoms with Gasteiger partial charge in [0.15, 0.2) is 12.6 Å². The summed E-state index contributed by atoms with van der Waals surface area (Å²) < 4.78 is 22.6. The highest BCUT2D eigenvalue weighted by atomic mass is 16.7. The van der Waals surface area contributed by atoms with Crippen molar-refractivity contribution in [2.75, 3.05) is 19.8 Å². The van der Waals surface area contributed by atoms with E-state index in [1.54, 1.807) is 0 Å². The molecule has 0 radical (unpaired) electrons. The van der Waals surface area contributed by atoms with Crippen LogP contribution in [0, 0.1) is 16.7 Å². The van der Waals surface area contributed by atoms with Crippen LogP contribution < -0.4 is 0 Å². The van der Waals surface area contributed by atoms with E-state index in [2.05, 4.69) is 20.8 Å². The minimum absolute atomic E-state index is 0.0791. The highest BCUT2D eigenvalue weighted by Gasteiger charge is 2.63. The van der Waals surface area contributed by atoms with Crippen molar-refractivity contribution in [3.05, 3.63) is 0 Å². The largest absolute Gasteiger partial charge is 0.393 e. The zero-order valence-corrected chi connectivity index (χ0v) is 18.3. The molecule has 0 amide bonds. The second-order valence-corrected chi connectivity index (χ2v) is 10.5. The van der Waals surface area contributed by atoms with E-state index in [0.717, 1.165) is 19.3 Å². The smallest absolute Gasteiger partial charge is 0.186 e. The van der Waals surface area contributed by atoms with E-state index in [4.69, 9.17) is 18.9 Å². The molecule has 0 aromatic carbocycles. The van der Waals surface area contributed by atoms with E-state index in [-0.39, 0.29) is 30.1 Å². The molecule has 0 aromatic rings. The summed E-state index contributed by atoms with van der Waals surface area (Å²) in [6.07, 6.45) is -6.45. The molecule has 2 heterocycles. The number of aliphatic hydroxyl groups is 6. The molecule has 4 rings (SSSR count). The lowest BCUT2D eigenvalue weighted by atomic mass is 9.70. The van der Waals surface area contributed by atoms with Gasteiger partial charge in [0.2, 0.25) is 0 Å². The van der Waals surface area contributed by atoms with Gasteiger partial charge in [0.05, 0.1) is 25.9 Å². The Morgan fingerprint density at radius 3 is 2.26 bits per heavy atom. The maximum Gasteiger partial charge on any atom is 0.186 e. The van der Waals surface area contributed by atoms with Crippen molar-refractivity contribution in [2.45, 2.75) is 94.8 Å². The van der Waals surface area contributed by atoms with Gasteiger partial charge in [0.25, 0.3) is 0 Å². The first-order chi connectivity index (χ1) is 14.4. The third kappa shape index (κ3) is 3.65. The fourth-order valence-corrected chi connectivity index (χ4v) is 5.79. The van der Waals surface area contributed by atoms with E-state index in [1.165, 1.54) is 0 Å². The molecular formula is C21H36O10. The second kappa shape index (κ2) is 8.12. The number of rotatable bonds is 6. The van der Waals surface area contributed by atoms with Crippen LogP contribution in [0.3, 0.4) is 0 Å². The van der Waals surface area contributed by atoms with Crippen molar-refractivity contribution in [1.82, 2.24) is 0 Å². The van der Waals surface area contributed by atoms with Crippen molar-refractivity contribution in [2.24, 2.45) is 16.7 Å². The van der Waals surface area contributed by atoms with Gasteiger partial charge in [-0.15, -0.1) is 0 Å². The molecule has 31 heavy (non-hydrogen) atoms. The summed E-state index contributed by atoms with van der Waals surface area (Å²) in [7, 11) is 0. The Labute approximate surface area is 181 Å². The van der Waals surface area contributed by atoms with Crippen molar-refractivity contribution in [3.8, 4) is 0 Å². The third-order valence-corrected chi connectivity index (χ3v) is 8.69. The van der Waals surface area contributed by atoms with Gasteiger partial charge in [0, 0.05) is 0 Å². The van der Waals surface area contributed by atoms with Crippen LogP contribution in [0.5, 0.6) is 0 Å². The maximum absolute atomic E-state index is 10.5. The molecule has 2 saturated heterocycles. The predicted molar refractivity (Wildman–Crippen MR) is 105 cm³/mol. The highest BCUT2D eigenvalue weighted by Crippen LogP contribution is 2.66.